The lowest BCUT2D eigenvalue weighted by atomic mass is 9.73. The number of benzene rings is 1. The van der Waals surface area contributed by atoms with Crippen molar-refractivity contribution in [3.05, 3.63) is 64.3 Å². The molecule has 2 bridgehead atoms. The molecular weight excluding hydrogens is 328 g/mol. The Morgan fingerprint density at radius 1 is 1.12 bits per heavy atom. The molecule has 1 aliphatic carbocycles. The van der Waals surface area contributed by atoms with Crippen LogP contribution in [0.3, 0.4) is 0 Å². The van der Waals surface area contributed by atoms with E-state index in [4.69, 9.17) is 9.15 Å². The predicted molar refractivity (Wildman–Crippen MR) is 96.9 cm³/mol. The number of allylic oxidation sites excluding steroid dienone is 1. The molecule has 2 saturated heterocycles. The van der Waals surface area contributed by atoms with Crippen LogP contribution < -0.4 is 0 Å². The smallest absolute Gasteiger partial charge is 0.173 e. The summed E-state index contributed by atoms with van der Waals surface area (Å²) in [5.74, 6) is -0.0551. The van der Waals surface area contributed by atoms with Crippen LogP contribution >= 0.6 is 0 Å². The highest BCUT2D eigenvalue weighted by Gasteiger charge is 2.62. The van der Waals surface area contributed by atoms with Gasteiger partial charge in [0.1, 0.15) is 5.76 Å². The van der Waals surface area contributed by atoms with E-state index in [2.05, 4.69) is 12.1 Å². The van der Waals surface area contributed by atoms with Gasteiger partial charge in [0.2, 0.25) is 0 Å². The maximum Gasteiger partial charge on any atom is 0.173 e. The number of ether oxygens (including phenoxy) is 1. The van der Waals surface area contributed by atoms with E-state index in [9.17, 15) is 9.90 Å². The lowest BCUT2D eigenvalue weighted by Gasteiger charge is -2.26. The van der Waals surface area contributed by atoms with Crippen LogP contribution in [0.5, 0.6) is 0 Å². The van der Waals surface area contributed by atoms with Gasteiger partial charge in [0, 0.05) is 5.92 Å². The van der Waals surface area contributed by atoms with Gasteiger partial charge < -0.3 is 14.3 Å². The molecule has 1 aromatic heterocycles. The van der Waals surface area contributed by atoms with Gasteiger partial charge in [-0.3, -0.25) is 4.79 Å². The number of aliphatic hydroxyl groups excluding tert-OH is 1. The van der Waals surface area contributed by atoms with Crippen molar-refractivity contribution in [1.29, 1.82) is 0 Å². The van der Waals surface area contributed by atoms with E-state index in [1.807, 2.05) is 26.8 Å². The Balaban J connectivity index is 1.60. The van der Waals surface area contributed by atoms with Crippen LogP contribution in [-0.2, 0) is 9.53 Å². The summed E-state index contributed by atoms with van der Waals surface area (Å²) < 4.78 is 11.4. The number of aliphatic hydroxyl groups is 1. The molecule has 0 saturated carbocycles. The number of carbonyl (C=O) groups excluding carboxylic acids is 1. The first kappa shape index (κ1) is 15.9. The molecule has 4 heteroatoms. The first-order valence-electron chi connectivity index (χ1n) is 9.20. The summed E-state index contributed by atoms with van der Waals surface area (Å²) in [4.78, 5) is 13.3. The summed E-state index contributed by atoms with van der Waals surface area (Å²) in [6.07, 6.45) is 3.94. The fourth-order valence-electron chi connectivity index (χ4n) is 5.49. The number of Topliss-reactive ketones (excluding diaryl/α,β-unsaturated/α-hetero) is 1. The minimum atomic E-state index is -0.252. The molecule has 5 rings (SSSR count). The number of furan rings is 1. The molecule has 3 heterocycles. The van der Waals surface area contributed by atoms with Crippen molar-refractivity contribution in [2.75, 3.05) is 0 Å². The van der Waals surface area contributed by atoms with E-state index in [1.54, 1.807) is 12.5 Å². The number of carbonyl (C=O) groups is 1. The fraction of sp³-hybridized carbons (Fsp3) is 0.409. The monoisotopic (exact) mass is 350 g/mol. The zero-order valence-electron chi connectivity index (χ0n) is 15.2. The lowest BCUT2D eigenvalue weighted by molar-refractivity contribution is -0.118. The Hall–Kier alpha value is -2.33. The molecule has 2 aliphatic heterocycles. The number of fused-ring (bicyclic) bond motifs is 5. The predicted octanol–water partition coefficient (Wildman–Crippen LogP) is 4.24. The van der Waals surface area contributed by atoms with E-state index >= 15 is 0 Å². The molecule has 26 heavy (non-hydrogen) atoms. The molecule has 0 spiro atoms. The Morgan fingerprint density at radius 2 is 1.85 bits per heavy atom. The van der Waals surface area contributed by atoms with E-state index in [1.165, 1.54) is 0 Å². The Morgan fingerprint density at radius 3 is 2.50 bits per heavy atom. The van der Waals surface area contributed by atoms with Gasteiger partial charge in [0.15, 0.2) is 5.78 Å². The van der Waals surface area contributed by atoms with Gasteiger partial charge in [0.25, 0.3) is 0 Å². The largest absolute Gasteiger partial charge is 0.511 e. The maximum absolute atomic E-state index is 13.3. The van der Waals surface area contributed by atoms with Crippen LogP contribution in [0.4, 0.5) is 0 Å². The minimum Gasteiger partial charge on any atom is -0.511 e. The van der Waals surface area contributed by atoms with Gasteiger partial charge in [-0.25, -0.2) is 0 Å². The SMILES string of the molecule is Cc1cc(C)c(C2=C(O)[C@@H]3C4OC(CC4c4ccoc4)[C@@H]3C2=O)c(C)c1. The van der Waals surface area contributed by atoms with Crippen LogP contribution in [0, 0.1) is 32.6 Å². The molecule has 3 aliphatic rings. The third kappa shape index (κ3) is 1.96. The zero-order chi connectivity index (χ0) is 18.2. The second kappa shape index (κ2) is 5.34. The van der Waals surface area contributed by atoms with Gasteiger partial charge in [-0.1, -0.05) is 17.7 Å². The van der Waals surface area contributed by atoms with Crippen molar-refractivity contribution < 1.29 is 19.1 Å². The molecule has 3 unspecified atom stereocenters. The topological polar surface area (TPSA) is 59.7 Å². The molecule has 1 N–H and O–H groups in total. The highest BCUT2D eigenvalue weighted by Crippen LogP contribution is 2.58. The van der Waals surface area contributed by atoms with Crippen molar-refractivity contribution >= 4 is 11.4 Å². The minimum absolute atomic E-state index is 0.0423. The second-order valence-corrected chi connectivity index (χ2v) is 7.99. The van der Waals surface area contributed by atoms with E-state index < -0.39 is 0 Å². The molecule has 1 aromatic carbocycles. The zero-order valence-corrected chi connectivity index (χ0v) is 15.2. The van der Waals surface area contributed by atoms with Gasteiger partial charge in [-0.05, 0) is 55.5 Å². The molecular formula is C22H22O4. The number of aryl methyl sites for hydroxylation is 3. The third-order valence-electron chi connectivity index (χ3n) is 6.38. The number of ketones is 1. The van der Waals surface area contributed by atoms with Gasteiger partial charge in [0.05, 0.1) is 42.1 Å². The molecule has 4 nitrogen and oxygen atoms in total. The standard InChI is InChI=1S/C22H22O4/c1-10-6-11(2)16(12(3)7-10)18-20(23)17-15-8-14(13-4-5-25-9-13)22(26-15)19(17)21(18)24/h4-7,9,14-15,17,19,22,24H,8H2,1-3H3/t14?,15?,17-,19+,22?/m0/s1. The normalized spacial score (nSPS) is 32.6. The summed E-state index contributed by atoms with van der Waals surface area (Å²) in [6.45, 7) is 6.07. The second-order valence-electron chi connectivity index (χ2n) is 7.99. The first-order valence-corrected chi connectivity index (χ1v) is 9.20. The summed E-state index contributed by atoms with van der Waals surface area (Å²) in [7, 11) is 0. The van der Waals surface area contributed by atoms with E-state index in [0.29, 0.717) is 5.57 Å². The van der Waals surface area contributed by atoms with Crippen LogP contribution in [-0.4, -0.2) is 23.1 Å². The summed E-state index contributed by atoms with van der Waals surface area (Å²) in [5, 5.41) is 11.1. The summed E-state index contributed by atoms with van der Waals surface area (Å²) in [5.41, 5.74) is 5.74. The fourth-order valence-corrected chi connectivity index (χ4v) is 5.49. The van der Waals surface area contributed by atoms with Crippen LogP contribution in [0.15, 0.2) is 40.9 Å². The highest BCUT2D eigenvalue weighted by molar-refractivity contribution is 6.26. The summed E-state index contributed by atoms with van der Waals surface area (Å²) in [6, 6.07) is 6.10. The average Bonchev–Trinajstić information content (AvgIpc) is 3.33. The average molecular weight is 350 g/mol. The first-order chi connectivity index (χ1) is 12.5. The van der Waals surface area contributed by atoms with Gasteiger partial charge in [-0.2, -0.15) is 0 Å². The quantitative estimate of drug-likeness (QED) is 0.880. The van der Waals surface area contributed by atoms with Crippen molar-refractivity contribution in [1.82, 2.24) is 0 Å². The molecule has 0 radical (unpaired) electrons. The van der Waals surface area contributed by atoms with Crippen LogP contribution in [0.25, 0.3) is 5.57 Å². The third-order valence-corrected chi connectivity index (χ3v) is 6.38. The molecule has 0 amide bonds. The van der Waals surface area contributed by atoms with Crippen LogP contribution in [0.1, 0.15) is 40.2 Å². The van der Waals surface area contributed by atoms with Crippen molar-refractivity contribution in [2.45, 2.75) is 45.3 Å². The van der Waals surface area contributed by atoms with Crippen LogP contribution in [0.2, 0.25) is 0 Å². The molecule has 2 aromatic rings. The number of hydrogen-bond acceptors (Lipinski definition) is 4. The van der Waals surface area contributed by atoms with Crippen molar-refractivity contribution in [3.63, 3.8) is 0 Å². The van der Waals surface area contributed by atoms with Gasteiger partial charge in [-0.15, -0.1) is 0 Å². The number of rotatable bonds is 2. The van der Waals surface area contributed by atoms with Crippen molar-refractivity contribution in [3.8, 4) is 0 Å². The Bertz CT molecular complexity index is 914. The Labute approximate surface area is 152 Å². The lowest BCUT2D eigenvalue weighted by Crippen LogP contribution is -2.33. The summed E-state index contributed by atoms with van der Waals surface area (Å²) >= 11 is 0. The van der Waals surface area contributed by atoms with E-state index in [-0.39, 0.29) is 41.5 Å². The molecule has 5 atom stereocenters. The van der Waals surface area contributed by atoms with Crippen molar-refractivity contribution in [2.24, 2.45) is 11.8 Å². The highest BCUT2D eigenvalue weighted by atomic mass is 16.5. The number of hydrogen-bond donors (Lipinski definition) is 1. The maximum atomic E-state index is 13.3. The Kier molecular flexibility index (Phi) is 3.26. The van der Waals surface area contributed by atoms with Gasteiger partial charge >= 0.3 is 0 Å². The molecule has 2 fully saturated rings. The molecule has 134 valence electrons. The van der Waals surface area contributed by atoms with E-state index in [0.717, 1.165) is 34.2 Å².